The van der Waals surface area contributed by atoms with Crippen LogP contribution >= 0.6 is 0 Å². The standard InChI is InChI=1S/C22H28N6O3/c1-24-21-15-20(26-22(23)28(21)25-16-19-6-3-10-30-19)17-4-2-5-18(14-17)31-13-9-27-7-11-29-12-8-27/h2-6,10,14-15,25H,7-9,11-13,16H2,1H3,(H2,23,26). The van der Waals surface area contributed by atoms with Gasteiger partial charge in [-0.1, -0.05) is 12.1 Å². The molecule has 1 saturated heterocycles. The Morgan fingerprint density at radius 2 is 2.06 bits per heavy atom. The van der Waals surface area contributed by atoms with Gasteiger partial charge in [-0.05, 0) is 24.3 Å². The minimum Gasteiger partial charge on any atom is -0.492 e. The van der Waals surface area contributed by atoms with Gasteiger partial charge >= 0.3 is 0 Å². The Bertz CT molecular complexity index is 1040. The Hall–Kier alpha value is -3.30. The summed E-state index contributed by atoms with van der Waals surface area (Å²) >= 11 is 0. The minimum absolute atomic E-state index is 0.309. The summed E-state index contributed by atoms with van der Waals surface area (Å²) in [5.41, 5.74) is 11.7. The number of benzene rings is 1. The number of hydrogen-bond donors (Lipinski definition) is 2. The first-order valence-electron chi connectivity index (χ1n) is 10.3. The summed E-state index contributed by atoms with van der Waals surface area (Å²) in [6.07, 6.45) is 1.63. The number of furan rings is 1. The summed E-state index contributed by atoms with van der Waals surface area (Å²) in [5, 5.41) is 0. The Morgan fingerprint density at radius 3 is 2.84 bits per heavy atom. The average Bonchev–Trinajstić information content (AvgIpc) is 3.32. The van der Waals surface area contributed by atoms with Crippen LogP contribution in [0, 0.1) is 0 Å². The van der Waals surface area contributed by atoms with E-state index in [1.54, 1.807) is 18.0 Å². The predicted octanol–water partition coefficient (Wildman–Crippen LogP) is 1.71. The highest BCUT2D eigenvalue weighted by molar-refractivity contribution is 5.61. The number of rotatable bonds is 8. The highest BCUT2D eigenvalue weighted by Gasteiger charge is 2.11. The normalized spacial score (nSPS) is 15.2. The number of aromatic nitrogens is 2. The van der Waals surface area contributed by atoms with E-state index in [9.17, 15) is 0 Å². The fourth-order valence-corrected chi connectivity index (χ4v) is 3.42. The fraction of sp³-hybridized carbons (Fsp3) is 0.364. The van der Waals surface area contributed by atoms with Crippen LogP contribution in [0.2, 0.25) is 0 Å². The van der Waals surface area contributed by atoms with Crippen LogP contribution in [0.25, 0.3) is 11.3 Å². The van der Waals surface area contributed by atoms with E-state index in [0.717, 1.165) is 55.6 Å². The van der Waals surface area contributed by atoms with Gasteiger partial charge in [-0.15, -0.1) is 0 Å². The molecule has 4 rings (SSSR count). The maximum atomic E-state index is 6.23. The molecule has 0 radical (unpaired) electrons. The third kappa shape index (κ3) is 5.44. The molecule has 0 atom stereocenters. The van der Waals surface area contributed by atoms with Crippen molar-refractivity contribution >= 4 is 5.95 Å². The van der Waals surface area contributed by atoms with Gasteiger partial charge in [0.2, 0.25) is 5.95 Å². The average molecular weight is 425 g/mol. The summed E-state index contributed by atoms with van der Waals surface area (Å²) in [7, 11) is 1.72. The summed E-state index contributed by atoms with van der Waals surface area (Å²) in [4.78, 5) is 11.2. The van der Waals surface area contributed by atoms with Crippen LogP contribution in [0.3, 0.4) is 0 Å². The first kappa shape index (κ1) is 21.0. The molecule has 0 saturated carbocycles. The molecule has 9 nitrogen and oxygen atoms in total. The molecule has 0 unspecified atom stereocenters. The van der Waals surface area contributed by atoms with E-state index < -0.39 is 0 Å². The second-order valence-electron chi connectivity index (χ2n) is 7.16. The molecular formula is C22H28N6O3. The number of nitrogens with zero attached hydrogens (tertiary/aromatic N) is 4. The second kappa shape index (κ2) is 10.1. The van der Waals surface area contributed by atoms with Crippen LogP contribution in [0.5, 0.6) is 5.75 Å². The smallest absolute Gasteiger partial charge is 0.221 e. The lowest BCUT2D eigenvalue weighted by Gasteiger charge is -2.26. The van der Waals surface area contributed by atoms with Crippen LogP contribution in [-0.2, 0) is 11.3 Å². The third-order valence-corrected chi connectivity index (χ3v) is 5.09. The van der Waals surface area contributed by atoms with E-state index in [4.69, 9.17) is 19.6 Å². The lowest BCUT2D eigenvalue weighted by Crippen LogP contribution is -2.38. The van der Waals surface area contributed by atoms with Gasteiger partial charge in [0.15, 0.2) is 5.49 Å². The summed E-state index contributed by atoms with van der Waals surface area (Å²) < 4.78 is 18.4. The van der Waals surface area contributed by atoms with Gasteiger partial charge in [-0.25, -0.2) is 9.66 Å². The van der Waals surface area contributed by atoms with Gasteiger partial charge in [0.1, 0.15) is 18.1 Å². The van der Waals surface area contributed by atoms with Crippen LogP contribution in [0.15, 0.2) is 58.1 Å². The van der Waals surface area contributed by atoms with Crippen molar-refractivity contribution in [3.05, 3.63) is 60.0 Å². The molecule has 0 spiro atoms. The molecule has 0 bridgehead atoms. The molecule has 3 heterocycles. The molecule has 1 fully saturated rings. The van der Waals surface area contributed by atoms with Crippen molar-refractivity contribution in [1.82, 2.24) is 14.6 Å². The van der Waals surface area contributed by atoms with Crippen LogP contribution < -0.4 is 21.4 Å². The zero-order valence-electron chi connectivity index (χ0n) is 17.7. The largest absolute Gasteiger partial charge is 0.492 e. The number of morpholine rings is 1. The second-order valence-corrected chi connectivity index (χ2v) is 7.16. The van der Waals surface area contributed by atoms with Crippen molar-refractivity contribution in [1.29, 1.82) is 0 Å². The lowest BCUT2D eigenvalue weighted by atomic mass is 10.1. The maximum Gasteiger partial charge on any atom is 0.221 e. The van der Waals surface area contributed by atoms with Crippen LogP contribution in [0.4, 0.5) is 5.95 Å². The van der Waals surface area contributed by atoms with E-state index in [1.165, 1.54) is 0 Å². The first-order chi connectivity index (χ1) is 15.2. The van der Waals surface area contributed by atoms with Crippen molar-refractivity contribution in [3.8, 4) is 17.0 Å². The Kier molecular flexibility index (Phi) is 6.85. The van der Waals surface area contributed by atoms with E-state index in [2.05, 4.69) is 20.3 Å². The van der Waals surface area contributed by atoms with Crippen molar-refractivity contribution in [3.63, 3.8) is 0 Å². The first-order valence-corrected chi connectivity index (χ1v) is 10.3. The molecular weight excluding hydrogens is 396 g/mol. The van der Waals surface area contributed by atoms with Gasteiger partial charge in [-0.2, -0.15) is 0 Å². The van der Waals surface area contributed by atoms with E-state index in [-0.39, 0.29) is 0 Å². The Morgan fingerprint density at radius 1 is 1.19 bits per heavy atom. The molecule has 0 aliphatic carbocycles. The van der Waals surface area contributed by atoms with E-state index >= 15 is 0 Å². The SMILES string of the molecule is CN=c1cc(-c2cccc(OCCN3CCOCC3)c2)nc(N)n1NCc1ccco1. The molecule has 164 valence electrons. The fourth-order valence-electron chi connectivity index (χ4n) is 3.42. The van der Waals surface area contributed by atoms with Crippen LogP contribution in [0.1, 0.15) is 5.76 Å². The summed E-state index contributed by atoms with van der Waals surface area (Å²) in [6.45, 7) is 5.46. The van der Waals surface area contributed by atoms with Gasteiger partial charge < -0.3 is 25.1 Å². The minimum atomic E-state index is 0.309. The van der Waals surface area contributed by atoms with Crippen molar-refractivity contribution in [2.45, 2.75) is 6.54 Å². The van der Waals surface area contributed by atoms with Gasteiger partial charge in [0.25, 0.3) is 0 Å². The Balaban J connectivity index is 1.46. The third-order valence-electron chi connectivity index (χ3n) is 5.09. The van der Waals surface area contributed by atoms with Crippen molar-refractivity contribution in [2.24, 2.45) is 4.99 Å². The van der Waals surface area contributed by atoms with E-state index in [0.29, 0.717) is 24.6 Å². The molecule has 3 aromatic rings. The summed E-state index contributed by atoms with van der Waals surface area (Å²) in [6, 6.07) is 13.5. The number of hydrogen-bond acceptors (Lipinski definition) is 8. The number of ether oxygens (including phenoxy) is 2. The number of nitrogens with one attached hydrogen (secondary N) is 1. The van der Waals surface area contributed by atoms with Crippen molar-refractivity contribution in [2.75, 3.05) is 57.7 Å². The maximum absolute atomic E-state index is 6.23. The highest BCUT2D eigenvalue weighted by Crippen LogP contribution is 2.22. The van der Waals surface area contributed by atoms with Gasteiger partial charge in [-0.3, -0.25) is 9.89 Å². The number of nitrogens with two attached hydrogens (primary N) is 1. The zero-order valence-corrected chi connectivity index (χ0v) is 17.7. The van der Waals surface area contributed by atoms with Crippen molar-refractivity contribution < 1.29 is 13.9 Å². The monoisotopic (exact) mass is 424 g/mol. The molecule has 2 aromatic heterocycles. The zero-order chi connectivity index (χ0) is 21.5. The Labute approximate surface area is 181 Å². The molecule has 1 aliphatic heterocycles. The molecule has 9 heteroatoms. The highest BCUT2D eigenvalue weighted by atomic mass is 16.5. The molecule has 1 aromatic carbocycles. The lowest BCUT2D eigenvalue weighted by molar-refractivity contribution is 0.0322. The molecule has 31 heavy (non-hydrogen) atoms. The predicted molar refractivity (Wildman–Crippen MR) is 118 cm³/mol. The van der Waals surface area contributed by atoms with Gasteiger partial charge in [0, 0.05) is 38.3 Å². The number of anilines is 1. The number of nitrogen functional groups attached to an aromatic ring is 1. The molecule has 0 amide bonds. The summed E-state index contributed by atoms with van der Waals surface area (Å²) in [5.74, 6) is 1.90. The topological polar surface area (TPSA) is 103 Å². The van der Waals surface area contributed by atoms with Gasteiger partial charge in [0.05, 0.1) is 31.7 Å². The van der Waals surface area contributed by atoms with E-state index in [1.807, 2.05) is 42.5 Å². The molecule has 1 aliphatic rings. The molecule has 3 N–H and O–H groups in total. The van der Waals surface area contributed by atoms with Crippen LogP contribution in [-0.4, -0.2) is 61.1 Å². The quantitative estimate of drug-likeness (QED) is 0.567.